The Hall–Kier alpha value is -3.59. The predicted molar refractivity (Wildman–Crippen MR) is 107 cm³/mol. The number of carbonyl (C=O) groups is 2. The summed E-state index contributed by atoms with van der Waals surface area (Å²) in [6.07, 6.45) is -1.63. The first-order valence-electron chi connectivity index (χ1n) is 10.0. The molecule has 6 atom stereocenters. The Balaban J connectivity index is 1.34. The van der Waals surface area contributed by atoms with Gasteiger partial charge >= 0.3 is 0 Å². The molecule has 9 heteroatoms. The number of anilines is 1. The molecule has 6 rings (SSSR count). The topological polar surface area (TPSA) is 111 Å². The number of benzene rings is 2. The minimum absolute atomic E-state index is 0.0525. The lowest BCUT2D eigenvalue weighted by Crippen LogP contribution is -2.45. The number of amides is 2. The lowest BCUT2D eigenvalue weighted by atomic mass is 9.71. The van der Waals surface area contributed by atoms with Gasteiger partial charge in [0.1, 0.15) is 6.10 Å². The smallest absolute Gasteiger partial charge is 0.270 e. The van der Waals surface area contributed by atoms with Crippen molar-refractivity contribution in [2.24, 2.45) is 22.9 Å². The molecule has 31 heavy (non-hydrogen) atoms. The zero-order valence-corrected chi connectivity index (χ0v) is 16.4. The summed E-state index contributed by atoms with van der Waals surface area (Å²) < 4.78 is 6.07. The molecule has 156 valence electrons. The average Bonchev–Trinajstić information content (AvgIpc) is 3.49. The first-order chi connectivity index (χ1) is 15.0. The average molecular weight is 419 g/mol. The van der Waals surface area contributed by atoms with Gasteiger partial charge in [-0.05, 0) is 19.1 Å². The van der Waals surface area contributed by atoms with E-state index in [4.69, 9.17) is 9.57 Å². The Morgan fingerprint density at radius 2 is 1.68 bits per heavy atom. The standard InChI is InChI=1S/C22H17N3O6/c1-10-5-7-12(8-6-10)24-21(26)14-15(22(24)27)19-20-16(18(14)30-19)17(23-31-20)11-3-2-4-13(9-11)25(28)29/h2-9,14-16,18-20H,1H3/t14-,15+,16-,18-,19+,20-/m0/s1. The largest absolute Gasteiger partial charge is 0.389 e. The van der Waals surface area contributed by atoms with Crippen LogP contribution in [0.15, 0.2) is 53.7 Å². The number of oxime groups is 1. The highest BCUT2D eigenvalue weighted by Crippen LogP contribution is 2.55. The van der Waals surface area contributed by atoms with Crippen molar-refractivity contribution in [3.63, 3.8) is 0 Å². The quantitative estimate of drug-likeness (QED) is 0.428. The number of nitrogens with zero attached hydrogens (tertiary/aromatic N) is 3. The van der Waals surface area contributed by atoms with Crippen LogP contribution in [0.1, 0.15) is 11.1 Å². The SMILES string of the molecule is Cc1ccc(N2C(=O)[C@@H]3[C@@H]4O[C@@H]([C@H]5ON=C(c6cccc([N+](=O)[O-])c6)[C@H]54)[C@@H]3C2=O)cc1. The van der Waals surface area contributed by atoms with Crippen molar-refractivity contribution in [2.45, 2.75) is 25.2 Å². The molecule has 4 heterocycles. The third-order valence-electron chi connectivity index (χ3n) is 6.69. The van der Waals surface area contributed by atoms with Gasteiger partial charge in [-0.15, -0.1) is 0 Å². The van der Waals surface area contributed by atoms with Crippen molar-refractivity contribution < 1.29 is 24.1 Å². The summed E-state index contributed by atoms with van der Waals surface area (Å²) in [6.45, 7) is 1.94. The van der Waals surface area contributed by atoms with Gasteiger partial charge in [0.15, 0.2) is 6.10 Å². The molecule has 2 amide bonds. The molecular weight excluding hydrogens is 402 g/mol. The number of hydrogen-bond acceptors (Lipinski definition) is 7. The molecule has 0 N–H and O–H groups in total. The Morgan fingerprint density at radius 1 is 0.968 bits per heavy atom. The number of nitro groups is 1. The van der Waals surface area contributed by atoms with Crippen LogP contribution in [0.2, 0.25) is 0 Å². The van der Waals surface area contributed by atoms with Crippen molar-refractivity contribution in [1.29, 1.82) is 0 Å². The van der Waals surface area contributed by atoms with Crippen molar-refractivity contribution in [1.82, 2.24) is 0 Å². The molecule has 0 aliphatic carbocycles. The van der Waals surface area contributed by atoms with Crippen LogP contribution in [0.5, 0.6) is 0 Å². The second-order valence-electron chi connectivity index (χ2n) is 8.34. The second kappa shape index (κ2) is 6.21. The number of nitro benzene ring substituents is 1. The van der Waals surface area contributed by atoms with E-state index in [0.29, 0.717) is 17.0 Å². The van der Waals surface area contributed by atoms with E-state index in [-0.39, 0.29) is 23.4 Å². The molecular formula is C22H17N3O6. The van der Waals surface area contributed by atoms with E-state index in [1.807, 2.05) is 19.1 Å². The van der Waals surface area contributed by atoms with Gasteiger partial charge in [0, 0.05) is 17.7 Å². The van der Waals surface area contributed by atoms with Crippen molar-refractivity contribution in [3.05, 3.63) is 69.8 Å². The third kappa shape index (κ3) is 2.37. The highest BCUT2D eigenvalue weighted by Gasteiger charge is 2.72. The Labute approximate surface area is 176 Å². The van der Waals surface area contributed by atoms with Crippen LogP contribution in [0, 0.1) is 34.8 Å². The number of imide groups is 1. The van der Waals surface area contributed by atoms with Crippen LogP contribution in [0.25, 0.3) is 0 Å². The zero-order chi connectivity index (χ0) is 21.4. The molecule has 0 radical (unpaired) electrons. The number of hydrogen-bond donors (Lipinski definition) is 0. The number of fused-ring (bicyclic) bond motifs is 8. The van der Waals surface area contributed by atoms with E-state index in [9.17, 15) is 19.7 Å². The molecule has 0 unspecified atom stereocenters. The van der Waals surface area contributed by atoms with E-state index >= 15 is 0 Å². The normalized spacial score (nSPS) is 32.7. The minimum atomic E-state index is -0.620. The van der Waals surface area contributed by atoms with Crippen LogP contribution < -0.4 is 4.90 Å². The molecule has 3 fully saturated rings. The number of rotatable bonds is 3. The fourth-order valence-electron chi connectivity index (χ4n) is 5.32. The highest BCUT2D eigenvalue weighted by molar-refractivity contribution is 6.23. The molecule has 2 bridgehead atoms. The third-order valence-corrected chi connectivity index (χ3v) is 6.69. The Morgan fingerprint density at radius 3 is 2.39 bits per heavy atom. The van der Waals surface area contributed by atoms with Crippen LogP contribution in [0.4, 0.5) is 11.4 Å². The monoisotopic (exact) mass is 419 g/mol. The first-order valence-corrected chi connectivity index (χ1v) is 10.0. The number of non-ortho nitro benzene ring substituents is 1. The molecule has 3 saturated heterocycles. The summed E-state index contributed by atoms with van der Waals surface area (Å²) >= 11 is 0. The van der Waals surface area contributed by atoms with E-state index in [2.05, 4.69) is 5.16 Å². The maximum absolute atomic E-state index is 13.3. The summed E-state index contributed by atoms with van der Waals surface area (Å²) in [5.41, 5.74) is 2.61. The predicted octanol–water partition coefficient (Wildman–Crippen LogP) is 2.21. The first kappa shape index (κ1) is 18.2. The summed E-state index contributed by atoms with van der Waals surface area (Å²) in [5, 5.41) is 15.3. The van der Waals surface area contributed by atoms with Gasteiger partial charge in [0.25, 0.3) is 5.69 Å². The maximum Gasteiger partial charge on any atom is 0.270 e. The van der Waals surface area contributed by atoms with Crippen molar-refractivity contribution >= 4 is 28.9 Å². The van der Waals surface area contributed by atoms with Gasteiger partial charge in [-0.3, -0.25) is 19.7 Å². The van der Waals surface area contributed by atoms with Gasteiger partial charge < -0.3 is 9.57 Å². The van der Waals surface area contributed by atoms with Gasteiger partial charge in [-0.2, -0.15) is 0 Å². The fourth-order valence-corrected chi connectivity index (χ4v) is 5.32. The summed E-state index contributed by atoms with van der Waals surface area (Å²) in [5.74, 6) is -2.15. The summed E-state index contributed by atoms with van der Waals surface area (Å²) in [6, 6.07) is 13.4. The van der Waals surface area contributed by atoms with Gasteiger partial charge in [0.05, 0.1) is 40.2 Å². The van der Waals surface area contributed by atoms with Gasteiger partial charge in [-0.1, -0.05) is 35.0 Å². The van der Waals surface area contributed by atoms with Crippen LogP contribution in [-0.2, 0) is 19.2 Å². The molecule has 0 saturated carbocycles. The lowest BCUT2D eigenvalue weighted by molar-refractivity contribution is -0.384. The van der Waals surface area contributed by atoms with Crippen LogP contribution in [-0.4, -0.2) is 40.8 Å². The summed E-state index contributed by atoms with van der Waals surface area (Å²) in [4.78, 5) is 44.1. The van der Waals surface area contributed by atoms with Crippen molar-refractivity contribution in [2.75, 3.05) is 4.90 Å². The zero-order valence-electron chi connectivity index (χ0n) is 16.4. The lowest BCUT2D eigenvalue weighted by Gasteiger charge is -2.26. The van der Waals surface area contributed by atoms with E-state index < -0.39 is 35.1 Å². The highest BCUT2D eigenvalue weighted by atomic mass is 16.7. The van der Waals surface area contributed by atoms with E-state index in [0.717, 1.165) is 5.56 Å². The second-order valence-corrected chi connectivity index (χ2v) is 8.34. The maximum atomic E-state index is 13.3. The van der Waals surface area contributed by atoms with Gasteiger partial charge in [0.2, 0.25) is 11.8 Å². The summed E-state index contributed by atoms with van der Waals surface area (Å²) in [7, 11) is 0. The molecule has 2 aromatic rings. The molecule has 4 aliphatic rings. The molecule has 4 aliphatic heterocycles. The number of aryl methyl sites for hydroxylation is 1. The molecule has 9 nitrogen and oxygen atoms in total. The number of carbonyl (C=O) groups excluding carboxylic acids is 2. The van der Waals surface area contributed by atoms with Crippen LogP contribution in [0.3, 0.4) is 0 Å². The van der Waals surface area contributed by atoms with E-state index in [1.165, 1.54) is 17.0 Å². The molecule has 0 aromatic heterocycles. The van der Waals surface area contributed by atoms with Gasteiger partial charge in [-0.25, -0.2) is 4.90 Å². The fraction of sp³-hybridized carbons (Fsp3) is 0.318. The Bertz CT molecular complexity index is 1180. The molecule has 2 aromatic carbocycles. The molecule has 0 spiro atoms. The minimum Gasteiger partial charge on any atom is -0.389 e. The van der Waals surface area contributed by atoms with E-state index in [1.54, 1.807) is 24.3 Å². The van der Waals surface area contributed by atoms with Crippen molar-refractivity contribution in [3.8, 4) is 0 Å². The van der Waals surface area contributed by atoms with Crippen LogP contribution >= 0.6 is 0 Å². The number of ether oxygens (including phenoxy) is 1. The Kier molecular flexibility index (Phi) is 3.64.